The summed E-state index contributed by atoms with van der Waals surface area (Å²) < 4.78 is 1.99. The van der Waals surface area contributed by atoms with Gasteiger partial charge in [0.1, 0.15) is 0 Å². The Morgan fingerprint density at radius 2 is 2.20 bits per heavy atom. The third-order valence-corrected chi connectivity index (χ3v) is 5.13. The second-order valence-corrected chi connectivity index (χ2v) is 7.21. The van der Waals surface area contributed by atoms with Crippen LogP contribution in [0.5, 0.6) is 0 Å². The first kappa shape index (κ1) is 17.5. The van der Waals surface area contributed by atoms with Crippen LogP contribution in [0.2, 0.25) is 0 Å². The number of urea groups is 1. The number of hydrogen-bond donors (Lipinski definition) is 1. The zero-order valence-corrected chi connectivity index (χ0v) is 15.3. The van der Waals surface area contributed by atoms with Gasteiger partial charge < -0.3 is 9.88 Å². The third-order valence-electron chi connectivity index (χ3n) is 4.06. The maximum Gasteiger partial charge on any atom is 0.324 e. The summed E-state index contributed by atoms with van der Waals surface area (Å²) in [5.74, 6) is 0.579. The number of imide groups is 1. The molecule has 0 saturated carbocycles. The first-order chi connectivity index (χ1) is 12.0. The van der Waals surface area contributed by atoms with E-state index in [4.69, 9.17) is 0 Å². The number of carbonyl (C=O) groups excluding carboxylic acids is 2. The lowest BCUT2D eigenvalue weighted by Crippen LogP contribution is -2.39. The van der Waals surface area contributed by atoms with Crippen molar-refractivity contribution >= 4 is 23.7 Å². The number of aromatic nitrogens is 3. The molecule has 1 aromatic heterocycles. The standard InChI is InChI=1S/C17H21N5O2S/c1-4-21-14(13-7-5-6-11(2)10-13)19-20-17(21)25-12(3)15(23)22-9-8-18-16(22)24/h5-7,10,12H,4,8-9H2,1-3H3,(H,18,24). The smallest absolute Gasteiger partial charge is 0.324 e. The molecule has 0 bridgehead atoms. The molecule has 3 rings (SSSR count). The summed E-state index contributed by atoms with van der Waals surface area (Å²) in [6.07, 6.45) is 0. The van der Waals surface area contributed by atoms with Gasteiger partial charge >= 0.3 is 6.03 Å². The molecule has 3 amide bonds. The predicted molar refractivity (Wildman–Crippen MR) is 96.3 cm³/mol. The fourth-order valence-electron chi connectivity index (χ4n) is 2.77. The highest BCUT2D eigenvalue weighted by molar-refractivity contribution is 8.00. The van der Waals surface area contributed by atoms with Crippen LogP contribution in [0, 0.1) is 6.92 Å². The average Bonchev–Trinajstić information content (AvgIpc) is 3.20. The zero-order valence-electron chi connectivity index (χ0n) is 14.5. The molecule has 1 N–H and O–H groups in total. The summed E-state index contributed by atoms with van der Waals surface area (Å²) in [7, 11) is 0. The molecule has 1 aliphatic rings. The number of amides is 3. The topological polar surface area (TPSA) is 80.1 Å². The van der Waals surface area contributed by atoms with Crippen molar-refractivity contribution in [3.63, 3.8) is 0 Å². The summed E-state index contributed by atoms with van der Waals surface area (Å²) in [6, 6.07) is 7.77. The number of aryl methyl sites for hydroxylation is 1. The molecule has 25 heavy (non-hydrogen) atoms. The van der Waals surface area contributed by atoms with Gasteiger partial charge in [-0.25, -0.2) is 4.79 Å². The van der Waals surface area contributed by atoms with Crippen molar-refractivity contribution in [2.45, 2.75) is 37.7 Å². The van der Waals surface area contributed by atoms with Crippen LogP contribution in [0.25, 0.3) is 11.4 Å². The lowest BCUT2D eigenvalue weighted by Gasteiger charge is -2.17. The summed E-state index contributed by atoms with van der Waals surface area (Å²) >= 11 is 1.33. The Labute approximate surface area is 150 Å². The van der Waals surface area contributed by atoms with Crippen LogP contribution < -0.4 is 5.32 Å². The monoisotopic (exact) mass is 359 g/mol. The van der Waals surface area contributed by atoms with E-state index in [2.05, 4.69) is 21.6 Å². The van der Waals surface area contributed by atoms with Gasteiger partial charge in [-0.1, -0.05) is 35.5 Å². The van der Waals surface area contributed by atoms with Gasteiger partial charge in [0.05, 0.1) is 5.25 Å². The van der Waals surface area contributed by atoms with Gasteiger partial charge in [0, 0.05) is 25.2 Å². The minimum absolute atomic E-state index is 0.206. The fourth-order valence-corrected chi connectivity index (χ4v) is 3.74. The van der Waals surface area contributed by atoms with E-state index in [-0.39, 0.29) is 11.9 Å². The van der Waals surface area contributed by atoms with Crippen molar-refractivity contribution in [3.05, 3.63) is 29.8 Å². The number of nitrogens with zero attached hydrogens (tertiary/aromatic N) is 4. The highest BCUT2D eigenvalue weighted by atomic mass is 32.2. The number of benzene rings is 1. The van der Waals surface area contributed by atoms with E-state index in [1.54, 1.807) is 6.92 Å². The van der Waals surface area contributed by atoms with E-state index in [1.165, 1.54) is 16.7 Å². The lowest BCUT2D eigenvalue weighted by molar-refractivity contribution is -0.126. The first-order valence-electron chi connectivity index (χ1n) is 8.27. The zero-order chi connectivity index (χ0) is 18.0. The summed E-state index contributed by atoms with van der Waals surface area (Å²) in [4.78, 5) is 25.4. The summed E-state index contributed by atoms with van der Waals surface area (Å²) in [5.41, 5.74) is 2.15. The number of hydrogen-bond acceptors (Lipinski definition) is 5. The van der Waals surface area contributed by atoms with Gasteiger partial charge in [-0.15, -0.1) is 10.2 Å². The SMILES string of the molecule is CCn1c(SC(C)C(=O)N2CCNC2=O)nnc1-c1cccc(C)c1. The molecule has 1 atom stereocenters. The van der Waals surface area contributed by atoms with Crippen LogP contribution >= 0.6 is 11.8 Å². The molecular formula is C17H21N5O2S. The molecule has 7 nitrogen and oxygen atoms in total. The molecule has 0 spiro atoms. The quantitative estimate of drug-likeness (QED) is 0.829. The van der Waals surface area contributed by atoms with Gasteiger partial charge in [-0.2, -0.15) is 0 Å². The van der Waals surface area contributed by atoms with Crippen molar-refractivity contribution in [1.82, 2.24) is 25.0 Å². The predicted octanol–water partition coefficient (Wildman–Crippen LogP) is 2.31. The molecule has 1 aliphatic heterocycles. The Morgan fingerprint density at radius 3 is 2.84 bits per heavy atom. The molecular weight excluding hydrogens is 338 g/mol. The largest absolute Gasteiger partial charge is 0.336 e. The number of thioether (sulfide) groups is 1. The molecule has 2 aromatic rings. The highest BCUT2D eigenvalue weighted by Gasteiger charge is 2.31. The molecule has 0 aliphatic carbocycles. The van der Waals surface area contributed by atoms with Gasteiger partial charge in [0.2, 0.25) is 5.91 Å². The maximum atomic E-state index is 12.5. The number of rotatable bonds is 5. The Hall–Kier alpha value is -2.35. The van der Waals surface area contributed by atoms with Crippen LogP contribution in [0.3, 0.4) is 0 Å². The second kappa shape index (κ2) is 7.26. The molecule has 1 aromatic carbocycles. The van der Waals surface area contributed by atoms with Gasteiger partial charge in [0.25, 0.3) is 0 Å². The van der Waals surface area contributed by atoms with E-state index < -0.39 is 5.25 Å². The molecule has 1 fully saturated rings. The van der Waals surface area contributed by atoms with E-state index in [0.29, 0.717) is 24.8 Å². The van der Waals surface area contributed by atoms with E-state index in [0.717, 1.165) is 17.0 Å². The molecule has 0 radical (unpaired) electrons. The normalized spacial score (nSPS) is 15.3. The van der Waals surface area contributed by atoms with Crippen LogP contribution in [0.1, 0.15) is 19.4 Å². The first-order valence-corrected chi connectivity index (χ1v) is 9.15. The van der Waals surface area contributed by atoms with Crippen LogP contribution in [0.4, 0.5) is 4.79 Å². The molecule has 132 valence electrons. The number of carbonyl (C=O) groups is 2. The Bertz CT molecular complexity index is 804. The minimum Gasteiger partial charge on any atom is -0.336 e. The van der Waals surface area contributed by atoms with Crippen molar-refractivity contribution in [2.75, 3.05) is 13.1 Å². The van der Waals surface area contributed by atoms with Crippen molar-refractivity contribution in [2.24, 2.45) is 0 Å². The van der Waals surface area contributed by atoms with Crippen LogP contribution in [-0.4, -0.2) is 49.9 Å². The second-order valence-electron chi connectivity index (χ2n) is 5.90. The van der Waals surface area contributed by atoms with E-state index in [9.17, 15) is 9.59 Å². The Kier molecular flexibility index (Phi) is 5.08. The number of nitrogens with one attached hydrogen (secondary N) is 1. The molecule has 1 saturated heterocycles. The highest BCUT2D eigenvalue weighted by Crippen LogP contribution is 2.28. The van der Waals surface area contributed by atoms with Crippen LogP contribution in [-0.2, 0) is 11.3 Å². The maximum absolute atomic E-state index is 12.5. The lowest BCUT2D eigenvalue weighted by atomic mass is 10.1. The minimum atomic E-state index is -0.413. The van der Waals surface area contributed by atoms with E-state index >= 15 is 0 Å². The Balaban J connectivity index is 1.81. The van der Waals surface area contributed by atoms with Crippen molar-refractivity contribution in [1.29, 1.82) is 0 Å². The van der Waals surface area contributed by atoms with Crippen LogP contribution in [0.15, 0.2) is 29.4 Å². The van der Waals surface area contributed by atoms with E-state index in [1.807, 2.05) is 36.6 Å². The third kappa shape index (κ3) is 3.53. The molecule has 1 unspecified atom stereocenters. The van der Waals surface area contributed by atoms with Gasteiger partial charge in [0.15, 0.2) is 11.0 Å². The average molecular weight is 359 g/mol. The van der Waals surface area contributed by atoms with Gasteiger partial charge in [-0.05, 0) is 26.8 Å². The molecule has 2 heterocycles. The summed E-state index contributed by atoms with van der Waals surface area (Å²) in [6.45, 7) is 7.46. The van der Waals surface area contributed by atoms with Gasteiger partial charge in [-0.3, -0.25) is 9.69 Å². The Morgan fingerprint density at radius 1 is 1.40 bits per heavy atom. The van der Waals surface area contributed by atoms with Crippen molar-refractivity contribution < 1.29 is 9.59 Å². The summed E-state index contributed by atoms with van der Waals surface area (Å²) in [5, 5.41) is 11.5. The van der Waals surface area contributed by atoms with Crippen molar-refractivity contribution in [3.8, 4) is 11.4 Å². The molecule has 8 heteroatoms. The fraction of sp³-hybridized carbons (Fsp3) is 0.412.